The molecule has 1 aliphatic carbocycles. The zero-order valence-electron chi connectivity index (χ0n) is 13.0. The summed E-state index contributed by atoms with van der Waals surface area (Å²) in [5.74, 6) is 0.410. The first-order valence-corrected chi connectivity index (χ1v) is 8.50. The second kappa shape index (κ2) is 4.93. The first kappa shape index (κ1) is 13.3. The molecular weight excluding hydrogens is 284 g/mol. The van der Waals surface area contributed by atoms with E-state index >= 15 is 0 Å². The fourth-order valence-electron chi connectivity index (χ4n) is 4.43. The van der Waals surface area contributed by atoms with Crippen molar-refractivity contribution in [3.05, 3.63) is 71.8 Å². The highest BCUT2D eigenvalue weighted by molar-refractivity contribution is 6.01. The van der Waals surface area contributed by atoms with Crippen LogP contribution in [0, 0.1) is 5.92 Å². The Morgan fingerprint density at radius 1 is 0.957 bits per heavy atom. The van der Waals surface area contributed by atoms with E-state index in [1.807, 2.05) is 0 Å². The lowest BCUT2D eigenvalue weighted by Gasteiger charge is -2.28. The van der Waals surface area contributed by atoms with Gasteiger partial charge >= 0.3 is 0 Å². The number of nitrogens with zero attached hydrogens (tertiary/aromatic N) is 1. The minimum Gasteiger partial charge on any atom is -0.387 e. The van der Waals surface area contributed by atoms with Crippen LogP contribution in [0.1, 0.15) is 42.5 Å². The van der Waals surface area contributed by atoms with Gasteiger partial charge in [0, 0.05) is 5.92 Å². The minimum atomic E-state index is 0.0355. The molecule has 1 spiro atoms. The van der Waals surface area contributed by atoms with Crippen molar-refractivity contribution in [2.24, 2.45) is 11.1 Å². The number of oxime groups is 1. The van der Waals surface area contributed by atoms with Crippen LogP contribution in [-0.2, 0) is 4.84 Å². The monoisotopic (exact) mass is 304 g/mol. The molecule has 0 radical (unpaired) electrons. The van der Waals surface area contributed by atoms with Crippen molar-refractivity contribution in [3.63, 3.8) is 0 Å². The first-order chi connectivity index (χ1) is 11.4. The number of nitrogens with one attached hydrogen (secondary N) is 1. The topological polar surface area (TPSA) is 43.5 Å². The molecule has 1 N–H and O–H groups in total. The minimum absolute atomic E-state index is 0.0355. The molecule has 0 aromatic heterocycles. The largest absolute Gasteiger partial charge is 0.387 e. The number of hydrogen-bond acceptors (Lipinski definition) is 3. The molecule has 0 amide bonds. The van der Waals surface area contributed by atoms with Crippen LogP contribution in [0.25, 0.3) is 0 Å². The normalized spacial score (nSPS) is 34.6. The second-order valence-electron chi connectivity index (χ2n) is 6.87. The Hall–Kier alpha value is -2.13. The Morgan fingerprint density at radius 3 is 2.39 bits per heavy atom. The number of hydrogen-bond donors (Lipinski definition) is 1. The number of fused-ring (bicyclic) bond motifs is 2. The second-order valence-corrected chi connectivity index (χ2v) is 6.87. The lowest BCUT2D eigenvalue weighted by molar-refractivity contribution is 0.0585. The fourth-order valence-corrected chi connectivity index (χ4v) is 4.43. The molecule has 2 heterocycles. The molecule has 3 nitrogen and oxygen atoms in total. The third kappa shape index (κ3) is 1.96. The summed E-state index contributed by atoms with van der Waals surface area (Å²) in [5, 5.41) is 8.29. The highest BCUT2D eigenvalue weighted by atomic mass is 16.6. The lowest BCUT2D eigenvalue weighted by atomic mass is 9.73. The van der Waals surface area contributed by atoms with Crippen molar-refractivity contribution in [1.29, 1.82) is 0 Å². The van der Waals surface area contributed by atoms with Crippen molar-refractivity contribution in [3.8, 4) is 0 Å². The van der Waals surface area contributed by atoms with Gasteiger partial charge in [0.25, 0.3) is 0 Å². The SMILES string of the molecule is c1ccc(C2N[C@]23CCC[C@@H]2C3=NO[C@@H]2c2ccccc2)cc1. The maximum atomic E-state index is 5.89. The Labute approximate surface area is 136 Å². The van der Waals surface area contributed by atoms with Gasteiger partial charge in [-0.2, -0.15) is 0 Å². The third-order valence-corrected chi connectivity index (χ3v) is 5.60. The zero-order valence-corrected chi connectivity index (χ0v) is 13.0. The summed E-state index contributed by atoms with van der Waals surface area (Å²) >= 11 is 0. The van der Waals surface area contributed by atoms with Gasteiger partial charge in [-0.25, -0.2) is 0 Å². The van der Waals surface area contributed by atoms with Crippen LogP contribution in [0.4, 0.5) is 0 Å². The fraction of sp³-hybridized carbons (Fsp3) is 0.350. The molecule has 2 fully saturated rings. The van der Waals surface area contributed by atoms with Crippen LogP contribution in [0.2, 0.25) is 0 Å². The summed E-state index contributed by atoms with van der Waals surface area (Å²) in [7, 11) is 0. The molecule has 2 aromatic rings. The van der Waals surface area contributed by atoms with E-state index < -0.39 is 0 Å². The molecule has 5 rings (SSSR count). The zero-order chi connectivity index (χ0) is 15.3. The summed E-state index contributed by atoms with van der Waals surface area (Å²) in [6, 6.07) is 21.6. The van der Waals surface area contributed by atoms with Gasteiger partial charge in [0.1, 0.15) is 0 Å². The van der Waals surface area contributed by atoms with Gasteiger partial charge in [-0.1, -0.05) is 72.2 Å². The molecule has 2 aliphatic heterocycles. The Kier molecular flexibility index (Phi) is 2.86. The van der Waals surface area contributed by atoms with Crippen molar-refractivity contribution in [2.45, 2.75) is 36.9 Å². The number of rotatable bonds is 2. The van der Waals surface area contributed by atoms with Crippen LogP contribution < -0.4 is 5.32 Å². The van der Waals surface area contributed by atoms with Gasteiger partial charge in [-0.15, -0.1) is 0 Å². The highest BCUT2D eigenvalue weighted by Gasteiger charge is 2.63. The van der Waals surface area contributed by atoms with E-state index in [9.17, 15) is 0 Å². The van der Waals surface area contributed by atoms with Crippen molar-refractivity contribution < 1.29 is 4.84 Å². The molecule has 2 aromatic carbocycles. The molecule has 1 unspecified atom stereocenters. The van der Waals surface area contributed by atoms with E-state index in [-0.39, 0.29) is 11.6 Å². The van der Waals surface area contributed by atoms with Crippen LogP contribution in [0.3, 0.4) is 0 Å². The van der Waals surface area contributed by atoms with E-state index in [0.29, 0.717) is 12.0 Å². The van der Waals surface area contributed by atoms with Crippen molar-refractivity contribution in [2.75, 3.05) is 0 Å². The van der Waals surface area contributed by atoms with E-state index in [2.05, 4.69) is 71.1 Å². The third-order valence-electron chi connectivity index (χ3n) is 5.60. The summed E-state index contributed by atoms with van der Waals surface area (Å²) in [6.07, 6.45) is 3.64. The molecule has 3 aliphatic rings. The molecule has 1 saturated carbocycles. The van der Waals surface area contributed by atoms with Crippen molar-refractivity contribution >= 4 is 5.71 Å². The predicted octanol–water partition coefficient (Wildman–Crippen LogP) is 4.00. The van der Waals surface area contributed by atoms with Crippen LogP contribution >= 0.6 is 0 Å². The van der Waals surface area contributed by atoms with Gasteiger partial charge < -0.3 is 4.84 Å². The molecule has 3 heteroatoms. The molecule has 1 saturated heterocycles. The molecular formula is C20H20N2O. The van der Waals surface area contributed by atoms with Crippen LogP contribution in [0.5, 0.6) is 0 Å². The average molecular weight is 304 g/mol. The van der Waals surface area contributed by atoms with Gasteiger partial charge in [-0.05, 0) is 24.0 Å². The maximum Gasteiger partial charge on any atom is 0.160 e. The Bertz CT molecular complexity index is 743. The first-order valence-electron chi connectivity index (χ1n) is 8.50. The molecule has 23 heavy (non-hydrogen) atoms. The smallest absolute Gasteiger partial charge is 0.160 e. The quantitative estimate of drug-likeness (QED) is 0.852. The van der Waals surface area contributed by atoms with E-state index in [0.717, 1.165) is 6.42 Å². The van der Waals surface area contributed by atoms with Gasteiger partial charge in [-0.3, -0.25) is 5.32 Å². The standard InChI is InChI=1S/C20H20N2O/c1-3-8-14(9-4-1)17-16-12-7-13-20(19(16)22-23-17)18(21-20)15-10-5-2-6-11-15/h1-6,8-11,16-18,21H,7,12-13H2/t16-,17+,18?,20+/m0/s1. The number of benzene rings is 2. The summed E-state index contributed by atoms with van der Waals surface area (Å²) in [6.45, 7) is 0. The van der Waals surface area contributed by atoms with Gasteiger partial charge in [0.2, 0.25) is 0 Å². The average Bonchev–Trinajstić information content (AvgIpc) is 3.15. The Balaban J connectivity index is 1.45. The van der Waals surface area contributed by atoms with E-state index in [1.54, 1.807) is 0 Å². The maximum absolute atomic E-state index is 5.89. The summed E-state index contributed by atoms with van der Waals surface area (Å²) < 4.78 is 0. The van der Waals surface area contributed by atoms with Gasteiger partial charge in [0.15, 0.2) is 6.10 Å². The summed E-state index contributed by atoms with van der Waals surface area (Å²) in [5.41, 5.74) is 3.88. The molecule has 116 valence electrons. The van der Waals surface area contributed by atoms with Crippen LogP contribution in [-0.4, -0.2) is 11.3 Å². The predicted molar refractivity (Wildman–Crippen MR) is 90.1 cm³/mol. The molecule has 4 atom stereocenters. The van der Waals surface area contributed by atoms with E-state index in [4.69, 9.17) is 4.84 Å². The lowest BCUT2D eigenvalue weighted by Crippen LogP contribution is -2.38. The van der Waals surface area contributed by atoms with E-state index in [1.165, 1.54) is 29.7 Å². The Morgan fingerprint density at radius 2 is 1.65 bits per heavy atom. The van der Waals surface area contributed by atoms with Gasteiger partial charge in [0.05, 0.1) is 17.3 Å². The van der Waals surface area contributed by atoms with Crippen molar-refractivity contribution in [1.82, 2.24) is 5.32 Å². The van der Waals surface area contributed by atoms with Crippen LogP contribution in [0.15, 0.2) is 65.8 Å². The summed E-state index contributed by atoms with van der Waals surface area (Å²) in [4.78, 5) is 5.89. The highest BCUT2D eigenvalue weighted by Crippen LogP contribution is 2.54. The molecule has 0 bridgehead atoms.